The highest BCUT2D eigenvalue weighted by Gasteiger charge is 2.41. The molecular weight excluding hydrogens is 456 g/mol. The number of fused-ring (bicyclic) bond motifs is 2. The minimum atomic E-state index is -0.113. The molecule has 8 heteroatoms. The monoisotopic (exact) mass is 484 g/mol. The standard InChI is InChI=1S/C28H28N4O4/c1-34-22-9-11-23(12-10-22)35-24-6-4-5-19(13-24)14-31-15-20-17-32(18-21(20)16-31)28(33)29-27-25-7-2-3-8-26(25)36-30-27/h2-13,20-21H,14-18H2,1H3,(H,29,30,33). The Morgan fingerprint density at radius 1 is 0.944 bits per heavy atom. The third kappa shape index (κ3) is 4.59. The summed E-state index contributed by atoms with van der Waals surface area (Å²) in [5.74, 6) is 3.83. The van der Waals surface area contributed by atoms with Gasteiger partial charge in [-0.15, -0.1) is 0 Å². The van der Waals surface area contributed by atoms with Crippen molar-refractivity contribution in [2.75, 3.05) is 38.6 Å². The maximum atomic E-state index is 12.9. The molecule has 2 aliphatic rings. The Hall–Kier alpha value is -4.04. The Morgan fingerprint density at radius 3 is 2.47 bits per heavy atom. The number of nitrogens with zero attached hydrogens (tertiary/aromatic N) is 3. The fraction of sp³-hybridized carbons (Fsp3) is 0.286. The lowest BCUT2D eigenvalue weighted by Gasteiger charge is -2.21. The van der Waals surface area contributed by atoms with Gasteiger partial charge in [0.1, 0.15) is 17.2 Å². The minimum absolute atomic E-state index is 0.113. The van der Waals surface area contributed by atoms with Gasteiger partial charge in [0, 0.05) is 32.7 Å². The smallest absolute Gasteiger partial charge is 0.323 e. The Balaban J connectivity index is 1.03. The molecule has 0 bridgehead atoms. The lowest BCUT2D eigenvalue weighted by molar-refractivity contribution is 0.211. The van der Waals surface area contributed by atoms with E-state index in [2.05, 4.69) is 27.5 Å². The largest absolute Gasteiger partial charge is 0.497 e. The summed E-state index contributed by atoms with van der Waals surface area (Å²) in [5, 5.41) is 7.76. The summed E-state index contributed by atoms with van der Waals surface area (Å²) in [6.45, 7) is 4.33. The van der Waals surface area contributed by atoms with Gasteiger partial charge in [0.25, 0.3) is 0 Å². The van der Waals surface area contributed by atoms with Crippen LogP contribution in [0.1, 0.15) is 5.56 Å². The Bertz CT molecular complexity index is 1360. The number of aromatic nitrogens is 1. The first kappa shape index (κ1) is 22.4. The highest BCUT2D eigenvalue weighted by atomic mass is 16.5. The van der Waals surface area contributed by atoms with Crippen molar-refractivity contribution in [1.29, 1.82) is 0 Å². The van der Waals surface area contributed by atoms with E-state index in [1.54, 1.807) is 7.11 Å². The number of methoxy groups -OCH3 is 1. The minimum Gasteiger partial charge on any atom is -0.497 e. The molecule has 0 radical (unpaired) electrons. The highest BCUT2D eigenvalue weighted by Crippen LogP contribution is 2.33. The lowest BCUT2D eigenvalue weighted by atomic mass is 10.0. The van der Waals surface area contributed by atoms with E-state index in [9.17, 15) is 4.79 Å². The average molecular weight is 485 g/mol. The molecular formula is C28H28N4O4. The lowest BCUT2D eigenvalue weighted by Crippen LogP contribution is -2.36. The predicted molar refractivity (Wildman–Crippen MR) is 136 cm³/mol. The zero-order valence-electron chi connectivity index (χ0n) is 20.1. The molecule has 1 N–H and O–H groups in total. The first-order valence-corrected chi connectivity index (χ1v) is 12.2. The maximum Gasteiger partial charge on any atom is 0.323 e. The fourth-order valence-corrected chi connectivity index (χ4v) is 5.29. The van der Waals surface area contributed by atoms with Crippen molar-refractivity contribution in [2.45, 2.75) is 6.54 Å². The number of likely N-dealkylation sites (tertiary alicyclic amines) is 2. The maximum absolute atomic E-state index is 12.9. The third-order valence-electron chi connectivity index (χ3n) is 7.05. The average Bonchev–Trinajstić information content (AvgIpc) is 3.58. The van der Waals surface area contributed by atoms with Crippen LogP contribution in [0.2, 0.25) is 0 Å². The van der Waals surface area contributed by atoms with Gasteiger partial charge in [-0.25, -0.2) is 4.79 Å². The van der Waals surface area contributed by atoms with Crippen LogP contribution in [0.15, 0.2) is 77.3 Å². The molecule has 0 aliphatic carbocycles. The second kappa shape index (κ2) is 9.54. The molecule has 4 aromatic rings. The Morgan fingerprint density at radius 2 is 1.69 bits per heavy atom. The second-order valence-corrected chi connectivity index (χ2v) is 9.50. The van der Waals surface area contributed by atoms with Crippen molar-refractivity contribution >= 4 is 22.8 Å². The van der Waals surface area contributed by atoms with Crippen LogP contribution in [0, 0.1) is 11.8 Å². The number of ether oxygens (including phenoxy) is 2. The van der Waals surface area contributed by atoms with Crippen molar-refractivity contribution in [3.8, 4) is 17.2 Å². The molecule has 3 heterocycles. The van der Waals surface area contributed by atoms with E-state index in [0.29, 0.717) is 23.2 Å². The third-order valence-corrected chi connectivity index (χ3v) is 7.05. The van der Waals surface area contributed by atoms with Crippen LogP contribution >= 0.6 is 0 Å². The zero-order valence-corrected chi connectivity index (χ0v) is 20.1. The number of carbonyl (C=O) groups excluding carboxylic acids is 1. The topological polar surface area (TPSA) is 80.1 Å². The number of nitrogens with one attached hydrogen (secondary N) is 1. The van der Waals surface area contributed by atoms with Crippen LogP contribution in [-0.2, 0) is 6.54 Å². The summed E-state index contributed by atoms with van der Waals surface area (Å²) in [5.41, 5.74) is 1.88. The molecule has 0 saturated carbocycles. The molecule has 2 unspecified atom stereocenters. The molecule has 1 aromatic heterocycles. The number of hydrogen-bond acceptors (Lipinski definition) is 6. The van der Waals surface area contributed by atoms with Crippen LogP contribution in [-0.4, -0.2) is 54.3 Å². The Labute approximate surface area is 209 Å². The molecule has 2 saturated heterocycles. The number of anilines is 1. The molecule has 2 atom stereocenters. The second-order valence-electron chi connectivity index (χ2n) is 9.50. The van der Waals surface area contributed by atoms with Crippen LogP contribution < -0.4 is 14.8 Å². The molecule has 2 aliphatic heterocycles. The van der Waals surface area contributed by atoms with Gasteiger partial charge in [-0.05, 0) is 65.9 Å². The van der Waals surface area contributed by atoms with Crippen molar-refractivity contribution in [3.63, 3.8) is 0 Å². The summed E-state index contributed by atoms with van der Waals surface area (Å²) >= 11 is 0. The Kier molecular flexibility index (Phi) is 5.95. The molecule has 2 fully saturated rings. The van der Waals surface area contributed by atoms with Gasteiger partial charge in [0.15, 0.2) is 11.4 Å². The van der Waals surface area contributed by atoms with Crippen molar-refractivity contribution in [3.05, 3.63) is 78.4 Å². The van der Waals surface area contributed by atoms with E-state index < -0.39 is 0 Å². The number of para-hydroxylation sites is 1. The number of benzene rings is 3. The van der Waals surface area contributed by atoms with Crippen molar-refractivity contribution < 1.29 is 18.8 Å². The quantitative estimate of drug-likeness (QED) is 0.404. The molecule has 36 heavy (non-hydrogen) atoms. The molecule has 6 rings (SSSR count). The van der Waals surface area contributed by atoms with E-state index in [4.69, 9.17) is 14.0 Å². The summed E-state index contributed by atoms with van der Waals surface area (Å²) in [4.78, 5) is 17.3. The van der Waals surface area contributed by atoms with Gasteiger partial charge in [-0.3, -0.25) is 10.2 Å². The summed E-state index contributed by atoms with van der Waals surface area (Å²) < 4.78 is 16.5. The van der Waals surface area contributed by atoms with Gasteiger partial charge in [0.05, 0.1) is 12.5 Å². The van der Waals surface area contributed by atoms with Gasteiger partial charge in [-0.2, -0.15) is 0 Å². The number of urea groups is 1. The van der Waals surface area contributed by atoms with Gasteiger partial charge in [-0.1, -0.05) is 29.4 Å². The van der Waals surface area contributed by atoms with Gasteiger partial charge in [0.2, 0.25) is 0 Å². The number of carbonyl (C=O) groups is 1. The number of amides is 2. The summed E-state index contributed by atoms with van der Waals surface area (Å²) in [7, 11) is 1.65. The van der Waals surface area contributed by atoms with Crippen molar-refractivity contribution in [1.82, 2.24) is 15.0 Å². The van der Waals surface area contributed by atoms with E-state index in [1.165, 1.54) is 5.56 Å². The van der Waals surface area contributed by atoms with Crippen LogP contribution in [0.5, 0.6) is 17.2 Å². The van der Waals surface area contributed by atoms with Crippen LogP contribution in [0.25, 0.3) is 11.0 Å². The first-order valence-electron chi connectivity index (χ1n) is 12.2. The van der Waals surface area contributed by atoms with E-state index in [1.807, 2.05) is 65.6 Å². The molecule has 184 valence electrons. The summed E-state index contributed by atoms with van der Waals surface area (Å²) in [6, 6.07) is 23.2. The number of hydrogen-bond donors (Lipinski definition) is 1. The zero-order chi connectivity index (χ0) is 24.5. The normalized spacial score (nSPS) is 19.4. The summed E-state index contributed by atoms with van der Waals surface area (Å²) in [6.07, 6.45) is 0. The molecule has 8 nitrogen and oxygen atoms in total. The number of rotatable bonds is 6. The van der Waals surface area contributed by atoms with E-state index in [0.717, 1.165) is 55.4 Å². The fourth-order valence-electron chi connectivity index (χ4n) is 5.29. The van der Waals surface area contributed by atoms with Crippen LogP contribution in [0.4, 0.5) is 10.6 Å². The van der Waals surface area contributed by atoms with Crippen molar-refractivity contribution in [2.24, 2.45) is 11.8 Å². The first-order chi connectivity index (χ1) is 17.6. The van der Waals surface area contributed by atoms with E-state index >= 15 is 0 Å². The highest BCUT2D eigenvalue weighted by molar-refractivity contribution is 5.98. The molecule has 0 spiro atoms. The van der Waals surface area contributed by atoms with Crippen LogP contribution in [0.3, 0.4) is 0 Å². The van der Waals surface area contributed by atoms with Gasteiger partial charge < -0.3 is 18.9 Å². The predicted octanol–water partition coefficient (Wildman–Crippen LogP) is 5.22. The van der Waals surface area contributed by atoms with Gasteiger partial charge >= 0.3 is 6.03 Å². The molecule has 3 aromatic carbocycles. The SMILES string of the molecule is COc1ccc(Oc2cccc(CN3CC4CN(C(=O)Nc5noc6ccccc56)CC4C3)c2)cc1. The molecule has 2 amide bonds. The van der Waals surface area contributed by atoms with E-state index in [-0.39, 0.29) is 6.03 Å².